The Kier molecular flexibility index (Phi) is 9.90. The third kappa shape index (κ3) is 8.30. The minimum Gasteiger partial charge on any atom is -0.411 e. The normalized spacial score (nSPS) is 22.0. The summed E-state index contributed by atoms with van der Waals surface area (Å²) in [4.78, 5) is 0. The fraction of sp³-hybridized carbons (Fsp3) is 0.480. The van der Waals surface area contributed by atoms with Crippen LogP contribution in [0.15, 0.2) is 41.6 Å². The van der Waals surface area contributed by atoms with Crippen molar-refractivity contribution >= 4 is 27.2 Å². The van der Waals surface area contributed by atoms with Gasteiger partial charge in [-0.1, -0.05) is 48.3 Å². The van der Waals surface area contributed by atoms with Crippen molar-refractivity contribution in [1.29, 1.82) is 0 Å². The van der Waals surface area contributed by atoms with Crippen molar-refractivity contribution in [2.24, 2.45) is 10.9 Å². The highest BCUT2D eigenvalue weighted by Gasteiger charge is 2.23. The predicted octanol–water partition coefficient (Wildman–Crippen LogP) is 4.86. The molecule has 34 heavy (non-hydrogen) atoms. The van der Waals surface area contributed by atoms with Gasteiger partial charge in [-0.15, -0.1) is 0 Å². The fourth-order valence-electron chi connectivity index (χ4n) is 4.08. The topological polar surface area (TPSA) is 137 Å². The molecule has 6 N–H and O–H groups in total. The van der Waals surface area contributed by atoms with Crippen LogP contribution in [0.25, 0.3) is 0 Å². The molecule has 0 bridgehead atoms. The molecule has 0 saturated heterocycles. The summed E-state index contributed by atoms with van der Waals surface area (Å²) in [6.07, 6.45) is 4.73. The first-order valence-electron chi connectivity index (χ1n) is 11.6. The van der Waals surface area contributed by atoms with Gasteiger partial charge in [0.05, 0.1) is 12.0 Å². The van der Waals surface area contributed by atoms with Gasteiger partial charge in [-0.2, -0.15) is 8.42 Å². The number of nitrogens with zero attached hydrogens (tertiary/aromatic N) is 1. The van der Waals surface area contributed by atoms with E-state index in [2.05, 4.69) is 73.0 Å². The van der Waals surface area contributed by atoms with E-state index >= 15 is 0 Å². The molecule has 0 fully saturated rings. The van der Waals surface area contributed by atoms with E-state index in [4.69, 9.17) is 15.5 Å². The largest absolute Gasteiger partial charge is 0.411 e. The molecule has 0 amide bonds. The van der Waals surface area contributed by atoms with E-state index in [1.165, 1.54) is 22.4 Å². The summed E-state index contributed by atoms with van der Waals surface area (Å²) in [5.41, 5.74) is 14.0. The van der Waals surface area contributed by atoms with Gasteiger partial charge < -0.3 is 21.6 Å². The van der Waals surface area contributed by atoms with Crippen molar-refractivity contribution in [1.82, 2.24) is 0 Å². The zero-order valence-corrected chi connectivity index (χ0v) is 21.5. The molecule has 4 rings (SSSR count). The van der Waals surface area contributed by atoms with E-state index in [9.17, 15) is 8.42 Å². The van der Waals surface area contributed by atoms with Crippen LogP contribution in [-0.4, -0.2) is 42.2 Å². The lowest BCUT2D eigenvalue weighted by Gasteiger charge is -2.31. The summed E-state index contributed by atoms with van der Waals surface area (Å²) in [5.74, 6) is 0. The summed E-state index contributed by atoms with van der Waals surface area (Å²) in [6.45, 7) is 8.48. The second kappa shape index (κ2) is 12.2. The Bertz CT molecular complexity index is 1090. The molecule has 2 aliphatic rings. The van der Waals surface area contributed by atoms with Crippen LogP contribution in [0.5, 0.6) is 0 Å². The maximum atomic E-state index is 9.19. The molecule has 0 saturated carbocycles. The van der Waals surface area contributed by atoms with Crippen LogP contribution in [0, 0.1) is 13.8 Å². The van der Waals surface area contributed by atoms with Crippen LogP contribution < -0.4 is 16.4 Å². The Balaban J connectivity index is 0.000000202. The molecule has 188 valence electrons. The van der Waals surface area contributed by atoms with Gasteiger partial charge in [-0.25, -0.2) is 0 Å². The number of anilines is 2. The highest BCUT2D eigenvalue weighted by atomic mass is 32.2. The van der Waals surface area contributed by atoms with Crippen molar-refractivity contribution in [3.05, 3.63) is 58.7 Å². The van der Waals surface area contributed by atoms with Crippen molar-refractivity contribution in [3.63, 3.8) is 0 Å². The number of benzene rings is 2. The molecule has 0 aliphatic carbocycles. The lowest BCUT2D eigenvalue weighted by atomic mass is 9.91. The molecular formula is C25H38N4O4S. The third-order valence-electron chi connectivity index (χ3n) is 5.90. The summed E-state index contributed by atoms with van der Waals surface area (Å²) in [5, 5.41) is 19.4. The van der Waals surface area contributed by atoms with Crippen molar-refractivity contribution in [2.75, 3.05) is 16.9 Å². The number of hydrogen-bond acceptors (Lipinski definition) is 7. The first kappa shape index (κ1) is 27.6. The van der Waals surface area contributed by atoms with Crippen LogP contribution in [0.4, 0.5) is 11.4 Å². The molecule has 8 nitrogen and oxygen atoms in total. The van der Waals surface area contributed by atoms with Crippen LogP contribution in [-0.2, 0) is 10.1 Å². The van der Waals surface area contributed by atoms with E-state index in [1.807, 2.05) is 6.92 Å². The lowest BCUT2D eigenvalue weighted by Crippen LogP contribution is -2.31. The van der Waals surface area contributed by atoms with Gasteiger partial charge in [0.1, 0.15) is 0 Å². The van der Waals surface area contributed by atoms with E-state index in [0.717, 1.165) is 42.6 Å². The highest BCUT2D eigenvalue weighted by Crippen LogP contribution is 2.32. The van der Waals surface area contributed by atoms with Gasteiger partial charge in [0.15, 0.2) is 0 Å². The average Bonchev–Trinajstić information content (AvgIpc) is 2.78. The summed E-state index contributed by atoms with van der Waals surface area (Å²) in [7, 11) is -3.67. The molecule has 0 spiro atoms. The zero-order valence-electron chi connectivity index (χ0n) is 20.7. The smallest absolute Gasteiger partial charge is 0.261 e. The van der Waals surface area contributed by atoms with Crippen molar-refractivity contribution in [3.8, 4) is 0 Å². The Morgan fingerprint density at radius 1 is 1.00 bits per heavy atom. The molecule has 0 aromatic heterocycles. The molecule has 9 heteroatoms. The van der Waals surface area contributed by atoms with Gasteiger partial charge in [-0.3, -0.25) is 4.55 Å². The second-order valence-corrected chi connectivity index (χ2v) is 10.4. The first-order valence-corrected chi connectivity index (χ1v) is 13.4. The molecule has 0 unspecified atom stereocenters. The molecule has 3 atom stereocenters. The standard InChI is InChI=1S/C12H16N2O.C12H18N2.CH4O3S/c1-3-9-7-12(14-15)10-6-8(2)4-5-11(10)13-9;1-3-9-7-11(13)10-6-8(2)4-5-12(10)14-9;1-5(2,3)4/h4-6,9,13,15H,3,7H2,1-2H3;4-6,9,11,14H,3,7,13H2,1-2H3;1H3,(H,2,3,4)/b14-12+;;/t9-;9-,11+;/m11./s1. The van der Waals surface area contributed by atoms with E-state index in [-0.39, 0.29) is 6.04 Å². The van der Waals surface area contributed by atoms with Gasteiger partial charge in [0.2, 0.25) is 0 Å². The van der Waals surface area contributed by atoms with Crippen LogP contribution >= 0.6 is 0 Å². The van der Waals surface area contributed by atoms with Crippen molar-refractivity contribution in [2.45, 2.75) is 71.5 Å². The van der Waals surface area contributed by atoms with Crippen LogP contribution in [0.3, 0.4) is 0 Å². The number of rotatable bonds is 2. The number of hydrogen-bond donors (Lipinski definition) is 5. The Morgan fingerprint density at radius 3 is 2.09 bits per heavy atom. The van der Waals surface area contributed by atoms with Crippen molar-refractivity contribution < 1.29 is 18.2 Å². The second-order valence-electron chi connectivity index (χ2n) is 8.96. The van der Waals surface area contributed by atoms with Crippen LogP contribution in [0.1, 0.15) is 67.8 Å². The van der Waals surface area contributed by atoms with Gasteiger partial charge in [-0.05, 0) is 56.9 Å². The third-order valence-corrected chi connectivity index (χ3v) is 5.90. The molecular weight excluding hydrogens is 452 g/mol. The Labute approximate surface area is 203 Å². The SMILES string of the molecule is CC[C@@H]1C/C(=N\O)c2cc(C)ccc2N1.CC[C@@H]1C[C@H](N)c2cc(C)ccc2N1.CS(=O)(=O)O. The van der Waals surface area contributed by atoms with E-state index in [1.54, 1.807) is 0 Å². The summed E-state index contributed by atoms with van der Waals surface area (Å²) >= 11 is 0. The fourth-order valence-corrected chi connectivity index (χ4v) is 4.08. The maximum Gasteiger partial charge on any atom is 0.261 e. The number of nitrogens with one attached hydrogen (secondary N) is 2. The lowest BCUT2D eigenvalue weighted by molar-refractivity contribution is 0.317. The molecule has 2 aromatic carbocycles. The van der Waals surface area contributed by atoms with Gasteiger partial charge in [0, 0.05) is 41.5 Å². The Hall–Kier alpha value is -2.62. The number of fused-ring (bicyclic) bond motifs is 2. The quantitative estimate of drug-likeness (QED) is 0.230. The highest BCUT2D eigenvalue weighted by molar-refractivity contribution is 7.85. The average molecular weight is 491 g/mol. The molecule has 2 aliphatic heterocycles. The van der Waals surface area contributed by atoms with Gasteiger partial charge >= 0.3 is 0 Å². The maximum absolute atomic E-state index is 9.19. The molecule has 0 radical (unpaired) electrons. The summed E-state index contributed by atoms with van der Waals surface area (Å²) in [6, 6.07) is 13.8. The molecule has 2 heterocycles. The molecule has 2 aromatic rings. The summed E-state index contributed by atoms with van der Waals surface area (Å²) < 4.78 is 25.9. The predicted molar refractivity (Wildman–Crippen MR) is 140 cm³/mol. The van der Waals surface area contributed by atoms with E-state index < -0.39 is 10.1 Å². The minimum atomic E-state index is -3.67. The van der Waals surface area contributed by atoms with Crippen LogP contribution in [0.2, 0.25) is 0 Å². The monoisotopic (exact) mass is 490 g/mol. The van der Waals surface area contributed by atoms with E-state index in [0.29, 0.717) is 18.3 Å². The number of oxime groups is 1. The number of nitrogens with two attached hydrogens (primary N) is 1. The van der Waals surface area contributed by atoms with Gasteiger partial charge in [0.25, 0.3) is 10.1 Å². The Morgan fingerprint density at radius 2 is 1.53 bits per heavy atom. The first-order chi connectivity index (χ1) is 15.9. The number of aryl methyl sites for hydroxylation is 2. The zero-order chi connectivity index (χ0) is 25.5. The minimum absolute atomic E-state index is 0.205.